The van der Waals surface area contributed by atoms with E-state index in [0.717, 1.165) is 45.1 Å². The van der Waals surface area contributed by atoms with Gasteiger partial charge < -0.3 is 15.0 Å². The zero-order valence-corrected chi connectivity index (χ0v) is 15.8. The summed E-state index contributed by atoms with van der Waals surface area (Å²) in [5.41, 5.74) is -0.132. The highest BCUT2D eigenvalue weighted by Gasteiger charge is 2.39. The van der Waals surface area contributed by atoms with Crippen LogP contribution in [0.15, 0.2) is 0 Å². The van der Waals surface area contributed by atoms with Crippen molar-refractivity contribution in [1.82, 2.24) is 10.2 Å². The molecule has 0 unspecified atom stereocenters. The molecule has 1 aliphatic heterocycles. The lowest BCUT2D eigenvalue weighted by atomic mass is 9.99. The first-order valence-electron chi connectivity index (χ1n) is 9.09. The van der Waals surface area contributed by atoms with Gasteiger partial charge in [-0.25, -0.2) is 0 Å². The van der Waals surface area contributed by atoms with E-state index in [1.165, 1.54) is 4.90 Å². The molecular weight excluding hydrogens is 340 g/mol. The Hall–Kier alpha value is -1.34. The van der Waals surface area contributed by atoms with Crippen molar-refractivity contribution in [2.75, 3.05) is 19.8 Å². The van der Waals surface area contributed by atoms with Gasteiger partial charge in [-0.2, -0.15) is 10.5 Å². The van der Waals surface area contributed by atoms with E-state index >= 15 is 0 Å². The molecule has 1 N–H and O–H groups in total. The molecule has 2 rings (SSSR count). The third-order valence-corrected chi connectivity index (χ3v) is 5.17. The fourth-order valence-electron chi connectivity index (χ4n) is 3.70. The molecule has 2 fully saturated rings. The number of nitrogens with zero attached hydrogens (tertiary/aromatic N) is 3. The summed E-state index contributed by atoms with van der Waals surface area (Å²) >= 11 is 0. The van der Waals surface area contributed by atoms with Crippen molar-refractivity contribution in [1.29, 1.82) is 10.5 Å². The number of carbonyl (C=O) groups excluding carboxylic acids is 1. The van der Waals surface area contributed by atoms with Gasteiger partial charge in [0.15, 0.2) is 0 Å². The fourth-order valence-corrected chi connectivity index (χ4v) is 3.70. The molecule has 0 bridgehead atoms. The van der Waals surface area contributed by atoms with Gasteiger partial charge in [0.05, 0.1) is 25.3 Å². The Morgan fingerprint density at radius 1 is 1.24 bits per heavy atom. The van der Waals surface area contributed by atoms with Gasteiger partial charge in [-0.3, -0.25) is 4.79 Å². The van der Waals surface area contributed by atoms with Crippen molar-refractivity contribution in [2.24, 2.45) is 0 Å². The molecule has 7 heteroatoms. The minimum atomic E-state index is -0.468. The molecule has 1 aliphatic carbocycles. The largest absolute Gasteiger partial charge is 0.380 e. The van der Waals surface area contributed by atoms with E-state index in [1.54, 1.807) is 0 Å². The summed E-state index contributed by atoms with van der Waals surface area (Å²) in [5, 5.41) is 21.8. The van der Waals surface area contributed by atoms with E-state index in [2.05, 4.69) is 24.4 Å². The first kappa shape index (κ1) is 21.7. The predicted octanol–water partition coefficient (Wildman–Crippen LogP) is 2.53. The third-order valence-electron chi connectivity index (χ3n) is 5.17. The molecule has 0 aromatic heterocycles. The van der Waals surface area contributed by atoms with Crippen LogP contribution in [-0.4, -0.2) is 48.2 Å². The Kier molecular flexibility index (Phi) is 9.21. The van der Waals surface area contributed by atoms with Gasteiger partial charge in [0.2, 0.25) is 5.91 Å². The molecule has 2 aliphatic rings. The van der Waals surface area contributed by atoms with Crippen LogP contribution in [0.4, 0.5) is 0 Å². The molecule has 25 heavy (non-hydrogen) atoms. The van der Waals surface area contributed by atoms with Crippen LogP contribution < -0.4 is 5.32 Å². The molecule has 1 heterocycles. The topological polar surface area (TPSA) is 89.2 Å². The highest BCUT2D eigenvalue weighted by Crippen LogP contribution is 2.30. The van der Waals surface area contributed by atoms with E-state index in [1.807, 2.05) is 0 Å². The quantitative estimate of drug-likeness (QED) is 0.665. The average Bonchev–Trinajstić information content (AvgIpc) is 3.23. The molecule has 140 valence electrons. The van der Waals surface area contributed by atoms with Crippen LogP contribution in [0.3, 0.4) is 0 Å². The molecule has 0 aromatic carbocycles. The maximum Gasteiger partial charge on any atom is 0.238 e. The van der Waals surface area contributed by atoms with Crippen LogP contribution in [0.2, 0.25) is 0 Å². The second-order valence-electron chi connectivity index (χ2n) is 6.92. The number of hydrogen-bond acceptors (Lipinski definition) is 5. The average molecular weight is 369 g/mol. The van der Waals surface area contributed by atoms with Crippen LogP contribution in [0.25, 0.3) is 0 Å². The van der Waals surface area contributed by atoms with Gasteiger partial charge >= 0.3 is 0 Å². The van der Waals surface area contributed by atoms with E-state index in [0.29, 0.717) is 19.4 Å². The van der Waals surface area contributed by atoms with E-state index < -0.39 is 12.1 Å². The van der Waals surface area contributed by atoms with Gasteiger partial charge in [0.1, 0.15) is 12.1 Å². The maximum absolute atomic E-state index is 12.6. The van der Waals surface area contributed by atoms with Crippen molar-refractivity contribution < 1.29 is 9.53 Å². The third kappa shape index (κ3) is 5.57. The molecule has 6 nitrogen and oxygen atoms in total. The van der Waals surface area contributed by atoms with Crippen molar-refractivity contribution in [3.05, 3.63) is 0 Å². The van der Waals surface area contributed by atoms with E-state index in [4.69, 9.17) is 4.74 Å². The summed E-state index contributed by atoms with van der Waals surface area (Å²) in [4.78, 5) is 14.0. The van der Waals surface area contributed by atoms with Gasteiger partial charge in [-0.15, -0.1) is 12.4 Å². The number of ether oxygens (including phenoxy) is 1. The summed E-state index contributed by atoms with van der Waals surface area (Å²) in [6.07, 6.45) is 7.64. The summed E-state index contributed by atoms with van der Waals surface area (Å²) in [6.45, 7) is 3.70. The standard InChI is InChI=1S/C18H28N4O2.ClH/c1-2-3-10-24-14-18(8-4-5-9-18)21-13-17(23)22-15(11-19)6-7-16(22)12-20;/h15-16,21H,2-10,13-14H2,1H3;1H/t15-,16+;. The monoisotopic (exact) mass is 368 g/mol. The minimum Gasteiger partial charge on any atom is -0.380 e. The Balaban J connectivity index is 0.00000312. The lowest BCUT2D eigenvalue weighted by Gasteiger charge is -2.32. The number of nitriles is 2. The number of carbonyl (C=O) groups is 1. The molecule has 2 atom stereocenters. The Morgan fingerprint density at radius 3 is 2.36 bits per heavy atom. The first-order chi connectivity index (χ1) is 11.7. The minimum absolute atomic E-state index is 0. The second-order valence-corrected chi connectivity index (χ2v) is 6.92. The highest BCUT2D eigenvalue weighted by atomic mass is 35.5. The van der Waals surface area contributed by atoms with E-state index in [-0.39, 0.29) is 30.4 Å². The van der Waals surface area contributed by atoms with Crippen molar-refractivity contribution in [3.8, 4) is 12.1 Å². The number of likely N-dealkylation sites (tertiary alicyclic amines) is 1. The van der Waals surface area contributed by atoms with Crippen LogP contribution in [0, 0.1) is 22.7 Å². The number of unbranched alkanes of at least 4 members (excludes halogenated alkanes) is 1. The number of nitrogens with one attached hydrogen (secondary N) is 1. The molecule has 1 saturated heterocycles. The Labute approximate surface area is 156 Å². The van der Waals surface area contributed by atoms with Crippen molar-refractivity contribution >= 4 is 18.3 Å². The second kappa shape index (κ2) is 10.6. The Bertz CT molecular complexity index is 486. The summed E-state index contributed by atoms with van der Waals surface area (Å²) in [6, 6.07) is 3.36. The lowest BCUT2D eigenvalue weighted by molar-refractivity contribution is -0.131. The predicted molar refractivity (Wildman–Crippen MR) is 97.1 cm³/mol. The fraction of sp³-hybridized carbons (Fsp3) is 0.833. The van der Waals surface area contributed by atoms with Gasteiger partial charge in [-0.05, 0) is 32.1 Å². The van der Waals surface area contributed by atoms with Gasteiger partial charge in [-0.1, -0.05) is 26.2 Å². The zero-order chi connectivity index (χ0) is 17.4. The SMILES string of the molecule is CCCCOCC1(NCC(=O)N2[C@H](C#N)CC[C@@H]2C#N)CCCC1.Cl. The number of halogens is 1. The summed E-state index contributed by atoms with van der Waals surface area (Å²) in [7, 11) is 0. The molecule has 1 saturated carbocycles. The van der Waals surface area contributed by atoms with Crippen LogP contribution >= 0.6 is 12.4 Å². The normalized spacial score (nSPS) is 24.4. The number of hydrogen-bond donors (Lipinski definition) is 1. The highest BCUT2D eigenvalue weighted by molar-refractivity contribution is 5.85. The summed E-state index contributed by atoms with van der Waals surface area (Å²) in [5.74, 6) is -0.148. The molecule has 1 amide bonds. The van der Waals surface area contributed by atoms with Crippen molar-refractivity contribution in [2.45, 2.75) is 75.9 Å². The van der Waals surface area contributed by atoms with Gasteiger partial charge in [0, 0.05) is 12.1 Å². The molecule has 0 spiro atoms. The number of amides is 1. The van der Waals surface area contributed by atoms with Crippen LogP contribution in [0.1, 0.15) is 58.3 Å². The molecular formula is C18H29ClN4O2. The molecule has 0 radical (unpaired) electrons. The zero-order valence-electron chi connectivity index (χ0n) is 15.0. The summed E-state index contributed by atoms with van der Waals surface area (Å²) < 4.78 is 5.81. The lowest BCUT2D eigenvalue weighted by Crippen LogP contribution is -2.53. The first-order valence-corrected chi connectivity index (χ1v) is 9.09. The molecule has 0 aromatic rings. The van der Waals surface area contributed by atoms with Crippen LogP contribution in [-0.2, 0) is 9.53 Å². The van der Waals surface area contributed by atoms with Crippen molar-refractivity contribution in [3.63, 3.8) is 0 Å². The maximum atomic E-state index is 12.6. The smallest absolute Gasteiger partial charge is 0.238 e. The van der Waals surface area contributed by atoms with Gasteiger partial charge in [0.25, 0.3) is 0 Å². The number of rotatable bonds is 8. The van der Waals surface area contributed by atoms with E-state index in [9.17, 15) is 15.3 Å². The Morgan fingerprint density at radius 2 is 1.84 bits per heavy atom. The van der Waals surface area contributed by atoms with Crippen LogP contribution in [0.5, 0.6) is 0 Å².